The third-order valence-corrected chi connectivity index (χ3v) is 13.3. The molecule has 3 N–H and O–H groups in total. The number of nitrogens with zero attached hydrogens (tertiary/aromatic N) is 16. The van der Waals surface area contributed by atoms with Gasteiger partial charge < -0.3 is 34.3 Å². The summed E-state index contributed by atoms with van der Waals surface area (Å²) in [6.07, 6.45) is 39.7. The number of aryl methyl sites for hydroxylation is 6. The molecule has 0 saturated carbocycles. The maximum atomic E-state index is 5.07. The molecule has 8 fully saturated rings. The Labute approximate surface area is 626 Å². The first-order chi connectivity index (χ1) is 49.9. The zero-order chi connectivity index (χ0) is 77.1. The molecule has 6 aromatic heterocycles. The number of rotatable bonds is 0. The second kappa shape index (κ2) is 113. The van der Waals surface area contributed by atoms with Gasteiger partial charge in [-0.05, 0) is 192 Å². The van der Waals surface area contributed by atoms with Gasteiger partial charge in [0.2, 0.25) is 0 Å². The molecule has 0 atom stereocenters. The van der Waals surface area contributed by atoms with Gasteiger partial charge in [-0.2, -0.15) is 49.0 Å². The van der Waals surface area contributed by atoms with Gasteiger partial charge in [0.05, 0.1) is 62.7 Å². The number of ether oxygens (including phenoxy) is 5. The van der Waals surface area contributed by atoms with Gasteiger partial charge in [0.25, 0.3) is 0 Å². The van der Waals surface area contributed by atoms with E-state index >= 15 is 0 Å². The second-order valence-corrected chi connectivity index (χ2v) is 21.3. The van der Waals surface area contributed by atoms with E-state index in [2.05, 4.69) is 120 Å². The number of hydrogen-bond donors (Lipinski definition) is 3. The molecular formula is C75H149N19O5S2. The van der Waals surface area contributed by atoms with E-state index in [-0.39, 0.29) is 0 Å². The Morgan fingerprint density at radius 3 is 0.980 bits per heavy atom. The van der Waals surface area contributed by atoms with Crippen molar-refractivity contribution in [3.8, 4) is 0 Å². The van der Waals surface area contributed by atoms with Gasteiger partial charge in [0.15, 0.2) is 0 Å². The van der Waals surface area contributed by atoms with E-state index in [4.69, 9.17) is 23.7 Å². The highest BCUT2D eigenvalue weighted by Gasteiger charge is 1.99. The standard InChI is InChI=1S/2C5H6N2.C5H11N.C5H10O.C5H10S.4C4H5N3.C4H9N.C4H8O.C4H8S.C3H7NO.C3H6O2.8C2H6/c1-5-2-3-6-4-7-5;1-5-2-3-6-7-4-5;3*1-2-4-6-5-3-1;1-4-6-2-5-3-7-4;1-4-2-6-7-3-5-4;1-4-2-5-3-6-7-4;1-4-5-2-3-6-7-4;3*1-2-4-5-3-1;2*1-2-5-3-4-1;8*1-2/h2*2-4H,1H3;6H,1-5H2;2*1-5H2;4*2-3H,1H3;5H,1-4H2;2*1-4H2;4H,1-3H2;1-3H2;8*1-2H3. The summed E-state index contributed by atoms with van der Waals surface area (Å²) in [5.41, 5.74) is 3.91. The summed E-state index contributed by atoms with van der Waals surface area (Å²) < 4.78 is 24.3. The van der Waals surface area contributed by atoms with E-state index in [0.29, 0.717) is 12.6 Å². The smallest absolute Gasteiger partial charge is 0.147 e. The summed E-state index contributed by atoms with van der Waals surface area (Å²) in [6, 6.07) is 3.77. The predicted octanol–water partition coefficient (Wildman–Crippen LogP) is 16.6. The molecule has 0 aromatic carbocycles. The Morgan fingerprint density at radius 2 is 0.782 bits per heavy atom. The SMILES string of the molecule is C1CCNC1.C1CCNCC1.C1CCOC1.C1CCOCC1.C1CCSC1.C1CCSCC1.C1COCN1.C1COCO1.CC.CC.CC.CC.CC.CC.CC.CC.Cc1ccncn1.Cc1ccnnc1.Cc1cncnn1.Cc1cnncn1.Cc1nccnn1.Cc1ncncn1. The van der Waals surface area contributed by atoms with Crippen LogP contribution in [0.4, 0.5) is 0 Å². The zero-order valence-corrected chi connectivity index (χ0v) is 69.6. The number of nitrogens with one attached hydrogen (secondary N) is 3. The van der Waals surface area contributed by atoms with Crippen LogP contribution in [0.3, 0.4) is 0 Å². The first-order valence-electron chi connectivity index (χ1n) is 37.9. The summed E-state index contributed by atoms with van der Waals surface area (Å²) >= 11 is 4.17. The van der Waals surface area contributed by atoms with Crippen molar-refractivity contribution in [2.75, 3.05) is 116 Å². The maximum Gasteiger partial charge on any atom is 0.147 e. The third kappa shape index (κ3) is 111. The Hall–Kier alpha value is -5.42. The molecule has 0 amide bonds. The highest BCUT2D eigenvalue weighted by atomic mass is 32.2. The van der Waals surface area contributed by atoms with Crippen LogP contribution in [0.25, 0.3) is 0 Å². The summed E-state index contributed by atoms with van der Waals surface area (Å²) in [5, 5.41) is 38.2. The lowest BCUT2D eigenvalue weighted by Gasteiger charge is -2.08. The molecule has 14 heterocycles. The zero-order valence-electron chi connectivity index (χ0n) is 67.9. The molecule has 8 saturated heterocycles. The van der Waals surface area contributed by atoms with E-state index in [1.807, 2.05) is 158 Å². The van der Waals surface area contributed by atoms with E-state index in [1.54, 1.807) is 50.3 Å². The fourth-order valence-corrected chi connectivity index (χ4v) is 8.45. The predicted molar refractivity (Wildman–Crippen MR) is 429 cm³/mol. The van der Waals surface area contributed by atoms with Crippen molar-refractivity contribution >= 4 is 23.5 Å². The number of thioether (sulfide) groups is 2. The molecule has 0 radical (unpaired) electrons. The Balaban J connectivity index is -0.000000152. The molecule has 8 aliphatic rings. The summed E-state index contributed by atoms with van der Waals surface area (Å²) in [5.74, 6) is 7.14. The van der Waals surface area contributed by atoms with Crippen LogP contribution in [0.2, 0.25) is 0 Å². The fraction of sp³-hybridized carbons (Fsp3) is 0.733. The van der Waals surface area contributed by atoms with E-state index in [1.165, 1.54) is 177 Å². The van der Waals surface area contributed by atoms with Gasteiger partial charge in [-0.25, -0.2) is 39.9 Å². The lowest BCUT2D eigenvalue weighted by molar-refractivity contribution is 0.0692. The van der Waals surface area contributed by atoms with Crippen molar-refractivity contribution in [1.29, 1.82) is 0 Å². The van der Waals surface area contributed by atoms with Crippen molar-refractivity contribution in [1.82, 2.24) is 96.6 Å². The molecule has 0 aliphatic carbocycles. The van der Waals surface area contributed by atoms with Crippen molar-refractivity contribution in [2.45, 2.75) is 249 Å². The molecule has 0 spiro atoms. The highest BCUT2D eigenvalue weighted by molar-refractivity contribution is 7.99. The van der Waals surface area contributed by atoms with Crippen molar-refractivity contribution in [2.24, 2.45) is 0 Å². The third-order valence-electron chi connectivity index (χ3n) is 11.0. The molecule has 6 aromatic rings. The van der Waals surface area contributed by atoms with Gasteiger partial charge in [-0.15, -0.1) is 15.3 Å². The van der Waals surface area contributed by atoms with Crippen molar-refractivity contribution < 1.29 is 23.7 Å². The maximum absolute atomic E-state index is 5.07. The summed E-state index contributed by atoms with van der Waals surface area (Å²) in [7, 11) is 0. The highest BCUT2D eigenvalue weighted by Crippen LogP contribution is 2.15. The number of aromatic nitrogens is 16. The average molecular weight is 1460 g/mol. The monoisotopic (exact) mass is 1460 g/mol. The molecule has 0 bridgehead atoms. The van der Waals surface area contributed by atoms with Gasteiger partial charge in [-0.1, -0.05) is 124 Å². The van der Waals surface area contributed by atoms with Crippen LogP contribution < -0.4 is 16.0 Å². The van der Waals surface area contributed by atoms with Crippen LogP contribution in [-0.2, 0) is 23.7 Å². The first-order valence-corrected chi connectivity index (χ1v) is 40.2. The molecule has 0 unspecified atom stereocenters. The summed E-state index contributed by atoms with van der Waals surface area (Å²) in [6.45, 7) is 57.0. The molecule has 24 nitrogen and oxygen atoms in total. The Kier molecular flexibility index (Phi) is 125. The minimum absolute atomic E-state index is 0.500. The lowest BCUT2D eigenvalue weighted by Crippen LogP contribution is -2.21. The topological polar surface area (TPSA) is 288 Å². The van der Waals surface area contributed by atoms with E-state index in [9.17, 15) is 0 Å². The molecule has 101 heavy (non-hydrogen) atoms. The van der Waals surface area contributed by atoms with Crippen LogP contribution in [0, 0.1) is 41.5 Å². The molecule has 26 heteroatoms. The van der Waals surface area contributed by atoms with Gasteiger partial charge in [0, 0.05) is 57.3 Å². The summed E-state index contributed by atoms with van der Waals surface area (Å²) in [4.78, 5) is 30.1. The minimum Gasteiger partial charge on any atom is -0.381 e. The molecular weight excluding hydrogens is 1310 g/mol. The van der Waals surface area contributed by atoms with E-state index < -0.39 is 0 Å². The van der Waals surface area contributed by atoms with E-state index in [0.717, 1.165) is 88.0 Å². The normalized spacial score (nSPS) is 14.3. The lowest BCUT2D eigenvalue weighted by atomic mass is 10.2. The molecule has 8 aliphatic heterocycles. The van der Waals surface area contributed by atoms with Crippen LogP contribution in [0.5, 0.6) is 0 Å². The minimum atomic E-state index is 0.500. The molecule has 586 valence electrons. The average Bonchev–Trinajstić information content (AvgIpc) is 4.48. The van der Waals surface area contributed by atoms with Gasteiger partial charge in [-0.3, -0.25) is 5.32 Å². The fourth-order valence-electron chi connectivity index (χ4n) is 6.41. The van der Waals surface area contributed by atoms with Crippen molar-refractivity contribution in [3.05, 3.63) is 121 Å². The molecule has 14 rings (SSSR count). The van der Waals surface area contributed by atoms with Crippen LogP contribution in [0.1, 0.15) is 241 Å². The quantitative estimate of drug-likeness (QED) is 0.127. The Morgan fingerprint density at radius 1 is 0.297 bits per heavy atom. The van der Waals surface area contributed by atoms with Crippen LogP contribution in [0.15, 0.2) is 87.1 Å². The first kappa shape index (κ1) is 111. The largest absolute Gasteiger partial charge is 0.381 e. The number of hydrogen-bond acceptors (Lipinski definition) is 26. The van der Waals surface area contributed by atoms with Crippen LogP contribution >= 0.6 is 23.5 Å². The second-order valence-electron chi connectivity index (χ2n) is 18.9. The van der Waals surface area contributed by atoms with Gasteiger partial charge in [0.1, 0.15) is 50.1 Å². The van der Waals surface area contributed by atoms with Crippen molar-refractivity contribution in [3.63, 3.8) is 0 Å². The Bertz CT molecular complexity index is 1720. The van der Waals surface area contributed by atoms with Gasteiger partial charge >= 0.3 is 0 Å². The number of piperidine rings is 1. The van der Waals surface area contributed by atoms with Crippen LogP contribution in [-0.4, -0.2) is 196 Å².